The summed E-state index contributed by atoms with van der Waals surface area (Å²) in [6.07, 6.45) is 1.57. The van der Waals surface area contributed by atoms with E-state index in [1.807, 2.05) is 24.3 Å². The molecule has 0 aliphatic heterocycles. The van der Waals surface area contributed by atoms with Gasteiger partial charge >= 0.3 is 0 Å². The third kappa shape index (κ3) is 2.58. The summed E-state index contributed by atoms with van der Waals surface area (Å²) in [5.74, 6) is 0.474. The molecule has 4 heteroatoms. The lowest BCUT2D eigenvalue weighted by Crippen LogP contribution is -1.94. The van der Waals surface area contributed by atoms with Crippen LogP contribution in [0.3, 0.4) is 0 Å². The Morgan fingerprint density at radius 1 is 1.14 bits per heavy atom. The van der Waals surface area contributed by atoms with Crippen molar-refractivity contribution in [3.63, 3.8) is 0 Å². The monoisotopic (exact) mass is 283 g/mol. The molecule has 106 valence electrons. The number of hydrogen-bond acceptors (Lipinski definition) is 3. The van der Waals surface area contributed by atoms with Gasteiger partial charge in [0.25, 0.3) is 0 Å². The summed E-state index contributed by atoms with van der Waals surface area (Å²) in [5.41, 5.74) is 1.30. The number of nitrogens with zero attached hydrogens (tertiary/aromatic N) is 1. The lowest BCUT2D eigenvalue weighted by molar-refractivity contribution is 0.283. The van der Waals surface area contributed by atoms with Crippen molar-refractivity contribution in [1.82, 2.24) is 4.98 Å². The number of aromatic nitrogens is 1. The second kappa shape index (κ2) is 5.50. The number of pyridine rings is 1. The molecular weight excluding hydrogens is 269 g/mol. The van der Waals surface area contributed by atoms with Gasteiger partial charge in [-0.15, -0.1) is 0 Å². The minimum Gasteiger partial charge on any atom is -0.438 e. The van der Waals surface area contributed by atoms with Gasteiger partial charge in [0, 0.05) is 23.2 Å². The van der Waals surface area contributed by atoms with Crippen molar-refractivity contribution >= 4 is 10.8 Å². The Labute approximate surface area is 121 Å². The maximum atomic E-state index is 13.6. The van der Waals surface area contributed by atoms with Crippen LogP contribution < -0.4 is 4.74 Å². The van der Waals surface area contributed by atoms with Crippen LogP contribution in [0.2, 0.25) is 0 Å². The molecule has 0 fully saturated rings. The second-order valence-electron chi connectivity index (χ2n) is 4.81. The molecule has 21 heavy (non-hydrogen) atoms. The Balaban J connectivity index is 2.06. The number of hydrogen-bond donors (Lipinski definition) is 1. The molecule has 0 unspecified atom stereocenters. The van der Waals surface area contributed by atoms with E-state index in [1.54, 1.807) is 25.3 Å². The van der Waals surface area contributed by atoms with E-state index in [1.165, 1.54) is 6.07 Å². The van der Waals surface area contributed by atoms with E-state index in [0.717, 1.165) is 16.3 Å². The van der Waals surface area contributed by atoms with Crippen LogP contribution in [0, 0.1) is 12.7 Å². The fourth-order valence-corrected chi connectivity index (χ4v) is 2.18. The van der Waals surface area contributed by atoms with E-state index in [-0.39, 0.29) is 12.4 Å². The van der Waals surface area contributed by atoms with E-state index < -0.39 is 0 Å². The number of rotatable bonds is 3. The normalized spacial score (nSPS) is 10.8. The third-order valence-electron chi connectivity index (χ3n) is 3.37. The zero-order valence-corrected chi connectivity index (χ0v) is 11.5. The number of ether oxygens (including phenoxy) is 1. The van der Waals surface area contributed by atoms with Crippen LogP contribution in [0.25, 0.3) is 10.8 Å². The molecule has 0 radical (unpaired) electrons. The summed E-state index contributed by atoms with van der Waals surface area (Å²) < 4.78 is 19.3. The molecule has 3 rings (SSSR count). The third-order valence-corrected chi connectivity index (χ3v) is 3.37. The molecular formula is C17H14FNO2. The molecule has 0 atom stereocenters. The topological polar surface area (TPSA) is 42.4 Å². The molecule has 2 aromatic carbocycles. The van der Waals surface area contributed by atoms with E-state index in [9.17, 15) is 9.50 Å². The summed E-state index contributed by atoms with van der Waals surface area (Å²) in [5, 5.41) is 11.0. The molecule has 1 heterocycles. The van der Waals surface area contributed by atoms with Crippen LogP contribution in [0.1, 0.15) is 11.1 Å². The molecule has 0 spiro atoms. The Morgan fingerprint density at radius 2 is 1.90 bits per heavy atom. The highest BCUT2D eigenvalue weighted by Crippen LogP contribution is 2.30. The number of fused-ring (bicyclic) bond motifs is 1. The van der Waals surface area contributed by atoms with Crippen LogP contribution >= 0.6 is 0 Å². The lowest BCUT2D eigenvalue weighted by Gasteiger charge is -2.10. The summed E-state index contributed by atoms with van der Waals surface area (Å²) in [7, 11) is 0. The van der Waals surface area contributed by atoms with Crippen LogP contribution in [0.5, 0.6) is 11.6 Å². The van der Waals surface area contributed by atoms with Crippen LogP contribution in [-0.2, 0) is 6.61 Å². The standard InChI is InChI=1S/C17H14FNO2/c1-11-6-7-13(8-16(11)18)21-17-15-5-3-2-4-14(15)12(10-20)9-19-17/h2-9,20H,10H2,1H3. The molecule has 0 bridgehead atoms. The van der Waals surface area contributed by atoms with Gasteiger partial charge < -0.3 is 9.84 Å². The van der Waals surface area contributed by atoms with Gasteiger partial charge in [0.2, 0.25) is 5.88 Å². The largest absolute Gasteiger partial charge is 0.438 e. The quantitative estimate of drug-likeness (QED) is 0.791. The first-order valence-corrected chi connectivity index (χ1v) is 6.60. The highest BCUT2D eigenvalue weighted by atomic mass is 19.1. The number of aliphatic hydroxyl groups excluding tert-OH is 1. The zero-order chi connectivity index (χ0) is 14.8. The van der Waals surface area contributed by atoms with Crippen molar-refractivity contribution in [2.75, 3.05) is 0 Å². The maximum Gasteiger partial charge on any atom is 0.227 e. The molecule has 1 N–H and O–H groups in total. The molecule has 0 aliphatic rings. The average Bonchev–Trinajstić information content (AvgIpc) is 2.51. The number of benzene rings is 2. The molecule has 0 aliphatic carbocycles. The first kappa shape index (κ1) is 13.5. The van der Waals surface area contributed by atoms with Gasteiger partial charge in [0.15, 0.2) is 0 Å². The first-order chi connectivity index (χ1) is 10.2. The van der Waals surface area contributed by atoms with Crippen LogP contribution in [0.15, 0.2) is 48.7 Å². The van der Waals surface area contributed by atoms with E-state index >= 15 is 0 Å². The Bertz CT molecular complexity index is 802. The fourth-order valence-electron chi connectivity index (χ4n) is 2.18. The number of aryl methyl sites for hydroxylation is 1. The highest BCUT2D eigenvalue weighted by molar-refractivity contribution is 5.89. The summed E-state index contributed by atoms with van der Waals surface area (Å²) in [6, 6.07) is 12.2. The van der Waals surface area contributed by atoms with Crippen molar-refractivity contribution in [3.05, 3.63) is 65.6 Å². The van der Waals surface area contributed by atoms with Gasteiger partial charge in [-0.1, -0.05) is 24.3 Å². The van der Waals surface area contributed by atoms with Crippen molar-refractivity contribution in [3.8, 4) is 11.6 Å². The molecule has 3 aromatic rings. The van der Waals surface area contributed by atoms with Crippen LogP contribution in [0.4, 0.5) is 4.39 Å². The molecule has 0 saturated heterocycles. The highest BCUT2D eigenvalue weighted by Gasteiger charge is 2.09. The zero-order valence-electron chi connectivity index (χ0n) is 11.5. The van der Waals surface area contributed by atoms with Gasteiger partial charge in [-0.05, 0) is 30.0 Å². The van der Waals surface area contributed by atoms with E-state index in [2.05, 4.69) is 4.98 Å². The Kier molecular flexibility index (Phi) is 3.54. The van der Waals surface area contributed by atoms with Crippen molar-refractivity contribution in [1.29, 1.82) is 0 Å². The molecule has 3 nitrogen and oxygen atoms in total. The Morgan fingerprint density at radius 3 is 2.62 bits per heavy atom. The van der Waals surface area contributed by atoms with E-state index in [0.29, 0.717) is 17.2 Å². The molecule has 1 aromatic heterocycles. The van der Waals surface area contributed by atoms with Gasteiger partial charge in [0.1, 0.15) is 11.6 Å². The minimum absolute atomic E-state index is 0.0903. The Hall–Kier alpha value is -2.46. The number of aliphatic hydroxyl groups is 1. The predicted molar refractivity (Wildman–Crippen MR) is 78.9 cm³/mol. The fraction of sp³-hybridized carbons (Fsp3) is 0.118. The molecule has 0 amide bonds. The summed E-state index contributed by atoms with van der Waals surface area (Å²) in [6.45, 7) is 1.61. The summed E-state index contributed by atoms with van der Waals surface area (Å²) in [4.78, 5) is 4.22. The smallest absolute Gasteiger partial charge is 0.227 e. The van der Waals surface area contributed by atoms with Crippen molar-refractivity contribution in [2.24, 2.45) is 0 Å². The van der Waals surface area contributed by atoms with Gasteiger partial charge in [-0.25, -0.2) is 9.37 Å². The average molecular weight is 283 g/mol. The van der Waals surface area contributed by atoms with Gasteiger partial charge in [-0.3, -0.25) is 0 Å². The first-order valence-electron chi connectivity index (χ1n) is 6.60. The van der Waals surface area contributed by atoms with Crippen molar-refractivity contribution < 1.29 is 14.2 Å². The minimum atomic E-state index is -0.316. The summed E-state index contributed by atoms with van der Waals surface area (Å²) >= 11 is 0. The SMILES string of the molecule is Cc1ccc(Oc2ncc(CO)c3ccccc23)cc1F. The van der Waals surface area contributed by atoms with Gasteiger partial charge in [0.05, 0.1) is 6.61 Å². The maximum absolute atomic E-state index is 13.6. The van der Waals surface area contributed by atoms with E-state index in [4.69, 9.17) is 4.74 Å². The van der Waals surface area contributed by atoms with Crippen LogP contribution in [-0.4, -0.2) is 10.1 Å². The predicted octanol–water partition coefficient (Wildman–Crippen LogP) is 3.97. The van der Waals surface area contributed by atoms with Gasteiger partial charge in [-0.2, -0.15) is 0 Å². The van der Waals surface area contributed by atoms with Crippen molar-refractivity contribution in [2.45, 2.75) is 13.5 Å². The number of halogens is 1. The lowest BCUT2D eigenvalue weighted by atomic mass is 10.1. The second-order valence-corrected chi connectivity index (χ2v) is 4.81. The molecule has 0 saturated carbocycles.